The number of benzene rings is 2. The summed E-state index contributed by atoms with van der Waals surface area (Å²) in [6, 6.07) is 15.1. The Balaban J connectivity index is 1.80. The molecule has 2 rings (SSSR count). The van der Waals surface area contributed by atoms with E-state index in [4.69, 9.17) is 17.3 Å². The molecule has 0 unspecified atom stereocenters. The average molecular weight is 362 g/mol. The van der Waals surface area contributed by atoms with Crippen LogP contribution in [0.5, 0.6) is 0 Å². The lowest BCUT2D eigenvalue weighted by Crippen LogP contribution is -2.52. The van der Waals surface area contributed by atoms with Crippen LogP contribution in [0.4, 0.5) is 0 Å². The van der Waals surface area contributed by atoms with Gasteiger partial charge in [0.2, 0.25) is 0 Å². The van der Waals surface area contributed by atoms with Gasteiger partial charge in [-0.3, -0.25) is 20.4 Å². The topological polar surface area (TPSA) is 104 Å². The van der Waals surface area contributed by atoms with Crippen LogP contribution in [0, 0.1) is 0 Å². The van der Waals surface area contributed by atoms with Crippen molar-refractivity contribution in [2.75, 3.05) is 0 Å². The summed E-state index contributed by atoms with van der Waals surface area (Å²) in [5, 5.41) is 10.4. The van der Waals surface area contributed by atoms with E-state index >= 15 is 0 Å². The molecule has 6 nitrogen and oxygen atoms in total. The molecule has 0 aromatic heterocycles. The summed E-state index contributed by atoms with van der Waals surface area (Å²) >= 11 is 5.81. The SMILES string of the molecule is N[C@H](CCc1ccccc1)[C@H](O)C(=O)NNC(=O)c1cccc(Cl)c1. The van der Waals surface area contributed by atoms with Gasteiger partial charge < -0.3 is 10.8 Å². The van der Waals surface area contributed by atoms with E-state index in [-0.39, 0.29) is 5.56 Å². The number of aryl methyl sites for hydroxylation is 1. The zero-order chi connectivity index (χ0) is 18.2. The minimum Gasteiger partial charge on any atom is -0.382 e. The van der Waals surface area contributed by atoms with Gasteiger partial charge in [0.15, 0.2) is 0 Å². The Morgan fingerprint density at radius 3 is 2.48 bits per heavy atom. The van der Waals surface area contributed by atoms with Crippen molar-refractivity contribution in [3.8, 4) is 0 Å². The van der Waals surface area contributed by atoms with E-state index in [1.54, 1.807) is 18.2 Å². The minimum absolute atomic E-state index is 0.288. The predicted molar refractivity (Wildman–Crippen MR) is 95.8 cm³/mol. The molecule has 25 heavy (non-hydrogen) atoms. The average Bonchev–Trinajstić information content (AvgIpc) is 2.64. The van der Waals surface area contributed by atoms with Gasteiger partial charge in [-0.15, -0.1) is 0 Å². The molecule has 2 atom stereocenters. The minimum atomic E-state index is -1.43. The fraction of sp³-hybridized carbons (Fsp3) is 0.222. The number of aliphatic hydroxyl groups is 1. The largest absolute Gasteiger partial charge is 0.382 e. The Morgan fingerprint density at radius 1 is 1.08 bits per heavy atom. The van der Waals surface area contributed by atoms with Crippen LogP contribution in [-0.4, -0.2) is 29.1 Å². The molecular formula is C18H20ClN3O3. The van der Waals surface area contributed by atoms with Crippen molar-refractivity contribution < 1.29 is 14.7 Å². The summed E-state index contributed by atoms with van der Waals surface area (Å²) in [7, 11) is 0. The number of nitrogens with one attached hydrogen (secondary N) is 2. The highest BCUT2D eigenvalue weighted by Crippen LogP contribution is 2.10. The summed E-state index contributed by atoms with van der Waals surface area (Å²) in [6.45, 7) is 0. The number of amides is 2. The second-order valence-corrected chi connectivity index (χ2v) is 6.02. The Bertz CT molecular complexity index is 725. The molecule has 132 valence electrons. The van der Waals surface area contributed by atoms with Crippen LogP contribution in [0.25, 0.3) is 0 Å². The van der Waals surface area contributed by atoms with Crippen LogP contribution in [-0.2, 0) is 11.2 Å². The van der Waals surface area contributed by atoms with Gasteiger partial charge in [-0.1, -0.05) is 48.0 Å². The molecule has 0 bridgehead atoms. The smallest absolute Gasteiger partial charge is 0.269 e. The maximum atomic E-state index is 11.9. The highest BCUT2D eigenvalue weighted by molar-refractivity contribution is 6.30. The predicted octanol–water partition coefficient (Wildman–Crippen LogP) is 1.42. The lowest BCUT2D eigenvalue weighted by molar-refractivity contribution is -0.131. The lowest BCUT2D eigenvalue weighted by atomic mass is 10.0. The second kappa shape index (κ2) is 9.17. The van der Waals surface area contributed by atoms with E-state index in [1.807, 2.05) is 30.3 Å². The van der Waals surface area contributed by atoms with Gasteiger partial charge >= 0.3 is 0 Å². The summed E-state index contributed by atoms with van der Waals surface area (Å²) < 4.78 is 0. The monoisotopic (exact) mass is 361 g/mol. The molecule has 2 aromatic carbocycles. The van der Waals surface area contributed by atoms with Gasteiger partial charge in [0.05, 0.1) is 0 Å². The molecule has 0 saturated heterocycles. The first-order chi connectivity index (χ1) is 12.0. The zero-order valence-corrected chi connectivity index (χ0v) is 14.2. The van der Waals surface area contributed by atoms with Crippen LogP contribution in [0.1, 0.15) is 22.3 Å². The van der Waals surface area contributed by atoms with Crippen molar-refractivity contribution in [1.82, 2.24) is 10.9 Å². The highest BCUT2D eigenvalue weighted by atomic mass is 35.5. The quantitative estimate of drug-likeness (QED) is 0.584. The van der Waals surface area contributed by atoms with Crippen LogP contribution in [0.15, 0.2) is 54.6 Å². The molecule has 7 heteroatoms. The summed E-state index contributed by atoms with van der Waals surface area (Å²) in [6.07, 6.45) is -0.356. The lowest BCUT2D eigenvalue weighted by Gasteiger charge is -2.18. The number of carbonyl (C=O) groups excluding carboxylic acids is 2. The third kappa shape index (κ3) is 5.86. The molecule has 0 fully saturated rings. The van der Waals surface area contributed by atoms with Gasteiger partial charge in [-0.2, -0.15) is 0 Å². The number of rotatable bonds is 6. The van der Waals surface area contributed by atoms with Crippen molar-refractivity contribution in [1.29, 1.82) is 0 Å². The van der Waals surface area contributed by atoms with Gasteiger partial charge in [0.1, 0.15) is 6.10 Å². The standard InChI is InChI=1S/C18H20ClN3O3/c19-14-8-4-7-13(11-14)17(24)21-22-18(25)16(23)15(20)10-9-12-5-2-1-3-6-12/h1-8,11,15-16,23H,9-10,20H2,(H,21,24)(H,22,25)/t15-,16+/m1/s1. The Hall–Kier alpha value is -2.41. The van der Waals surface area contributed by atoms with Crippen molar-refractivity contribution in [3.63, 3.8) is 0 Å². The normalized spacial score (nSPS) is 12.9. The molecule has 0 spiro atoms. The summed E-state index contributed by atoms with van der Waals surface area (Å²) in [4.78, 5) is 23.8. The number of carbonyl (C=O) groups is 2. The van der Waals surface area contributed by atoms with Crippen molar-refractivity contribution in [3.05, 3.63) is 70.7 Å². The summed E-state index contributed by atoms with van der Waals surface area (Å²) in [5.41, 5.74) is 11.6. The third-order valence-electron chi connectivity index (χ3n) is 3.67. The van der Waals surface area contributed by atoms with Crippen molar-refractivity contribution >= 4 is 23.4 Å². The van der Waals surface area contributed by atoms with Crippen LogP contribution >= 0.6 is 11.6 Å². The number of nitrogens with two attached hydrogens (primary N) is 1. The van der Waals surface area contributed by atoms with E-state index in [2.05, 4.69) is 10.9 Å². The van der Waals surface area contributed by atoms with E-state index in [9.17, 15) is 14.7 Å². The molecular weight excluding hydrogens is 342 g/mol. The first-order valence-corrected chi connectivity index (χ1v) is 8.18. The van der Waals surface area contributed by atoms with E-state index < -0.39 is 24.0 Å². The van der Waals surface area contributed by atoms with E-state index in [1.165, 1.54) is 6.07 Å². The molecule has 0 heterocycles. The fourth-order valence-corrected chi connectivity index (χ4v) is 2.41. The van der Waals surface area contributed by atoms with Crippen molar-refractivity contribution in [2.24, 2.45) is 5.73 Å². The van der Waals surface area contributed by atoms with Gasteiger partial charge in [0.25, 0.3) is 11.8 Å². The van der Waals surface area contributed by atoms with E-state index in [0.29, 0.717) is 17.9 Å². The second-order valence-electron chi connectivity index (χ2n) is 5.59. The maximum Gasteiger partial charge on any atom is 0.269 e. The number of halogens is 1. The van der Waals surface area contributed by atoms with Gasteiger partial charge in [-0.05, 0) is 36.6 Å². The Labute approximate surface area is 151 Å². The third-order valence-corrected chi connectivity index (χ3v) is 3.90. The highest BCUT2D eigenvalue weighted by Gasteiger charge is 2.23. The molecule has 2 amide bonds. The molecule has 2 aromatic rings. The first kappa shape index (κ1) is 18.9. The maximum absolute atomic E-state index is 11.9. The number of hydrogen-bond donors (Lipinski definition) is 4. The van der Waals surface area contributed by atoms with Crippen LogP contribution in [0.2, 0.25) is 5.02 Å². The fourth-order valence-electron chi connectivity index (χ4n) is 2.22. The van der Waals surface area contributed by atoms with Gasteiger partial charge in [0, 0.05) is 16.6 Å². The zero-order valence-electron chi connectivity index (χ0n) is 13.5. The molecule has 0 aliphatic heterocycles. The van der Waals surface area contributed by atoms with Crippen molar-refractivity contribution in [2.45, 2.75) is 25.0 Å². The molecule has 0 radical (unpaired) electrons. The van der Waals surface area contributed by atoms with E-state index in [0.717, 1.165) is 5.56 Å². The molecule has 0 aliphatic carbocycles. The number of aliphatic hydroxyl groups excluding tert-OH is 1. The Morgan fingerprint density at radius 2 is 1.80 bits per heavy atom. The number of hydrazine groups is 1. The first-order valence-electron chi connectivity index (χ1n) is 7.80. The van der Waals surface area contributed by atoms with Crippen LogP contribution < -0.4 is 16.6 Å². The number of hydrogen-bond acceptors (Lipinski definition) is 4. The molecule has 0 saturated carbocycles. The van der Waals surface area contributed by atoms with Gasteiger partial charge in [-0.25, -0.2) is 0 Å². The Kier molecular flexibility index (Phi) is 6.94. The molecule has 5 N–H and O–H groups in total. The summed E-state index contributed by atoms with van der Waals surface area (Å²) in [5.74, 6) is -1.31. The van der Waals surface area contributed by atoms with Crippen LogP contribution in [0.3, 0.4) is 0 Å². The molecule has 0 aliphatic rings.